The molecule has 0 radical (unpaired) electrons. The molecule has 1 atom stereocenters. The van der Waals surface area contributed by atoms with Crippen molar-refractivity contribution in [3.05, 3.63) is 95.8 Å². The number of nitrogens with zero attached hydrogens (tertiary/aromatic N) is 2. The molecular formula is C27H27FN4O3. The molecule has 7 nitrogen and oxygen atoms in total. The van der Waals surface area contributed by atoms with Crippen LogP contribution in [-0.4, -0.2) is 59.7 Å². The lowest BCUT2D eigenvalue weighted by Crippen LogP contribution is -2.54. The smallest absolute Gasteiger partial charge is 0.256 e. The normalized spacial score (nSPS) is 14.7. The molecule has 0 aliphatic carbocycles. The van der Waals surface area contributed by atoms with Gasteiger partial charge in [-0.25, -0.2) is 4.39 Å². The highest BCUT2D eigenvalue weighted by Gasteiger charge is 2.29. The summed E-state index contributed by atoms with van der Waals surface area (Å²) in [4.78, 5) is 42.2. The fourth-order valence-electron chi connectivity index (χ4n) is 4.02. The van der Waals surface area contributed by atoms with Gasteiger partial charge in [0.1, 0.15) is 5.82 Å². The minimum absolute atomic E-state index is 0.175. The van der Waals surface area contributed by atoms with Gasteiger partial charge in [-0.05, 0) is 49.4 Å². The predicted molar refractivity (Wildman–Crippen MR) is 133 cm³/mol. The molecule has 1 saturated heterocycles. The van der Waals surface area contributed by atoms with Crippen LogP contribution in [0.15, 0.2) is 78.9 Å². The Hall–Kier alpha value is -4.04. The first kappa shape index (κ1) is 24.1. The summed E-state index contributed by atoms with van der Waals surface area (Å²) in [6, 6.07) is 21.1. The fourth-order valence-corrected chi connectivity index (χ4v) is 4.02. The maximum absolute atomic E-state index is 13.4. The van der Waals surface area contributed by atoms with E-state index in [1.165, 1.54) is 12.1 Å². The van der Waals surface area contributed by atoms with E-state index in [1.807, 2.05) is 11.0 Å². The summed E-state index contributed by atoms with van der Waals surface area (Å²) in [6.45, 7) is 3.71. The maximum Gasteiger partial charge on any atom is 0.256 e. The molecule has 3 amide bonds. The third-order valence-corrected chi connectivity index (χ3v) is 6.06. The maximum atomic E-state index is 13.4. The highest BCUT2D eigenvalue weighted by molar-refractivity contribution is 6.09. The average molecular weight is 475 g/mol. The number of nitrogens with one attached hydrogen (secondary N) is 2. The standard InChI is InChI=1S/C27H27FN4O3/c1-19(25(33)29-22-11-7-10-21(28)18-22)31-14-16-32(17-15-31)27(35)23-12-5-6-13-24(23)30-26(34)20-8-3-2-4-9-20/h2-13,18-19H,14-17H2,1H3,(H,29,33)(H,30,34). The van der Waals surface area contributed by atoms with Gasteiger partial charge in [-0.3, -0.25) is 19.3 Å². The van der Waals surface area contributed by atoms with Crippen LogP contribution in [0, 0.1) is 5.82 Å². The lowest BCUT2D eigenvalue weighted by Gasteiger charge is -2.37. The first-order valence-corrected chi connectivity index (χ1v) is 11.5. The van der Waals surface area contributed by atoms with E-state index in [-0.39, 0.29) is 17.7 Å². The Labute approximate surface area is 203 Å². The van der Waals surface area contributed by atoms with Crippen molar-refractivity contribution in [3.8, 4) is 0 Å². The van der Waals surface area contributed by atoms with Crippen molar-refractivity contribution in [1.29, 1.82) is 0 Å². The highest BCUT2D eigenvalue weighted by Crippen LogP contribution is 2.20. The number of amides is 3. The second kappa shape index (κ2) is 10.9. The molecule has 180 valence electrons. The van der Waals surface area contributed by atoms with E-state index in [2.05, 4.69) is 10.6 Å². The largest absolute Gasteiger partial charge is 0.336 e. The Balaban J connectivity index is 1.36. The van der Waals surface area contributed by atoms with Crippen LogP contribution in [0.3, 0.4) is 0 Å². The molecule has 0 bridgehead atoms. The predicted octanol–water partition coefficient (Wildman–Crippen LogP) is 3.86. The molecule has 1 aliphatic heterocycles. The Bertz CT molecular complexity index is 1210. The van der Waals surface area contributed by atoms with E-state index in [1.54, 1.807) is 72.5 Å². The second-order valence-electron chi connectivity index (χ2n) is 8.37. The molecule has 2 N–H and O–H groups in total. The van der Waals surface area contributed by atoms with E-state index in [0.717, 1.165) is 0 Å². The third-order valence-electron chi connectivity index (χ3n) is 6.06. The summed E-state index contributed by atoms with van der Waals surface area (Å²) in [5.41, 5.74) is 1.79. The summed E-state index contributed by atoms with van der Waals surface area (Å²) < 4.78 is 13.4. The lowest BCUT2D eigenvalue weighted by atomic mass is 10.1. The minimum Gasteiger partial charge on any atom is -0.336 e. The number of carbonyl (C=O) groups is 3. The van der Waals surface area contributed by atoms with Crippen LogP contribution in [-0.2, 0) is 4.79 Å². The van der Waals surface area contributed by atoms with E-state index in [9.17, 15) is 18.8 Å². The number of benzene rings is 3. The zero-order valence-corrected chi connectivity index (χ0v) is 19.4. The van der Waals surface area contributed by atoms with Gasteiger partial charge in [0.15, 0.2) is 0 Å². The molecule has 35 heavy (non-hydrogen) atoms. The Morgan fingerprint density at radius 3 is 2.23 bits per heavy atom. The molecule has 1 unspecified atom stereocenters. The number of hydrogen-bond donors (Lipinski definition) is 2. The van der Waals surface area contributed by atoms with Crippen molar-refractivity contribution in [2.75, 3.05) is 36.8 Å². The number of para-hydroxylation sites is 1. The summed E-state index contributed by atoms with van der Waals surface area (Å²) >= 11 is 0. The van der Waals surface area contributed by atoms with Crippen LogP contribution < -0.4 is 10.6 Å². The number of carbonyl (C=O) groups excluding carboxylic acids is 3. The molecule has 1 heterocycles. The topological polar surface area (TPSA) is 81.8 Å². The van der Waals surface area contributed by atoms with E-state index in [4.69, 9.17) is 0 Å². The molecule has 8 heteroatoms. The van der Waals surface area contributed by atoms with E-state index < -0.39 is 11.9 Å². The molecule has 0 saturated carbocycles. The van der Waals surface area contributed by atoms with Crippen LogP contribution in [0.5, 0.6) is 0 Å². The van der Waals surface area contributed by atoms with Gasteiger partial charge in [0.05, 0.1) is 17.3 Å². The average Bonchev–Trinajstić information content (AvgIpc) is 2.89. The van der Waals surface area contributed by atoms with Crippen LogP contribution in [0.1, 0.15) is 27.6 Å². The number of hydrogen-bond acceptors (Lipinski definition) is 4. The Kier molecular flexibility index (Phi) is 7.52. The summed E-state index contributed by atoms with van der Waals surface area (Å²) in [5, 5.41) is 5.58. The fraction of sp³-hybridized carbons (Fsp3) is 0.222. The lowest BCUT2D eigenvalue weighted by molar-refractivity contribution is -0.121. The molecular weight excluding hydrogens is 447 g/mol. The van der Waals surface area contributed by atoms with Gasteiger partial charge in [-0.15, -0.1) is 0 Å². The molecule has 1 aliphatic rings. The zero-order chi connectivity index (χ0) is 24.8. The number of halogens is 1. The monoisotopic (exact) mass is 474 g/mol. The van der Waals surface area contributed by atoms with Gasteiger partial charge in [-0.1, -0.05) is 36.4 Å². The van der Waals surface area contributed by atoms with Crippen molar-refractivity contribution < 1.29 is 18.8 Å². The van der Waals surface area contributed by atoms with Crippen LogP contribution in [0.25, 0.3) is 0 Å². The van der Waals surface area contributed by atoms with Gasteiger partial charge < -0.3 is 15.5 Å². The number of anilines is 2. The van der Waals surface area contributed by atoms with Gasteiger partial charge in [0.2, 0.25) is 5.91 Å². The van der Waals surface area contributed by atoms with Crippen molar-refractivity contribution in [3.63, 3.8) is 0 Å². The summed E-state index contributed by atoms with van der Waals surface area (Å²) in [6.07, 6.45) is 0. The Morgan fingerprint density at radius 2 is 1.51 bits per heavy atom. The van der Waals surface area contributed by atoms with Crippen molar-refractivity contribution in [1.82, 2.24) is 9.80 Å². The first-order chi connectivity index (χ1) is 16.9. The van der Waals surface area contributed by atoms with Crippen LogP contribution >= 0.6 is 0 Å². The van der Waals surface area contributed by atoms with Crippen molar-refractivity contribution in [2.45, 2.75) is 13.0 Å². The quantitative estimate of drug-likeness (QED) is 0.569. The van der Waals surface area contributed by atoms with Gasteiger partial charge in [0.25, 0.3) is 11.8 Å². The van der Waals surface area contributed by atoms with Crippen molar-refractivity contribution >= 4 is 29.1 Å². The molecule has 1 fully saturated rings. The first-order valence-electron chi connectivity index (χ1n) is 11.5. The number of piperazine rings is 1. The van der Waals surface area contributed by atoms with Crippen LogP contribution in [0.4, 0.5) is 15.8 Å². The van der Waals surface area contributed by atoms with Crippen molar-refractivity contribution in [2.24, 2.45) is 0 Å². The SMILES string of the molecule is CC(C(=O)Nc1cccc(F)c1)N1CCN(C(=O)c2ccccc2NC(=O)c2ccccc2)CC1. The number of rotatable bonds is 6. The van der Waals surface area contributed by atoms with Gasteiger partial charge in [-0.2, -0.15) is 0 Å². The van der Waals surface area contributed by atoms with E-state index >= 15 is 0 Å². The summed E-state index contributed by atoms with van der Waals surface area (Å²) in [7, 11) is 0. The molecule has 0 aromatic heterocycles. The van der Waals surface area contributed by atoms with Gasteiger partial charge in [0, 0.05) is 37.4 Å². The third kappa shape index (κ3) is 5.91. The molecule has 3 aromatic carbocycles. The molecule has 0 spiro atoms. The highest BCUT2D eigenvalue weighted by atomic mass is 19.1. The Morgan fingerprint density at radius 1 is 0.829 bits per heavy atom. The zero-order valence-electron chi connectivity index (χ0n) is 19.4. The molecule has 4 rings (SSSR count). The molecule has 3 aromatic rings. The van der Waals surface area contributed by atoms with Gasteiger partial charge >= 0.3 is 0 Å². The van der Waals surface area contributed by atoms with Crippen LogP contribution in [0.2, 0.25) is 0 Å². The van der Waals surface area contributed by atoms with E-state index in [0.29, 0.717) is 48.7 Å². The minimum atomic E-state index is -0.437. The second-order valence-corrected chi connectivity index (χ2v) is 8.37. The summed E-state index contributed by atoms with van der Waals surface area (Å²) in [5.74, 6) is -1.11.